The zero-order chi connectivity index (χ0) is 18.8. The van der Waals surface area contributed by atoms with Crippen LogP contribution < -0.4 is 0 Å². The van der Waals surface area contributed by atoms with E-state index in [2.05, 4.69) is 0 Å². The van der Waals surface area contributed by atoms with E-state index in [4.69, 9.17) is 9.47 Å². The molecular formula is C13H28N4O8. The van der Waals surface area contributed by atoms with Crippen molar-refractivity contribution in [3.63, 3.8) is 0 Å². The largest absolute Gasteiger partial charge is 0.626 e. The van der Waals surface area contributed by atoms with Gasteiger partial charge in [-0.2, -0.15) is 0 Å². The van der Waals surface area contributed by atoms with E-state index < -0.39 is 40.9 Å². The summed E-state index contributed by atoms with van der Waals surface area (Å²) in [6, 6.07) is 0. The Balaban J connectivity index is 2.08. The number of hydrogen-bond donors (Lipinski definition) is 4. The molecule has 2 saturated heterocycles. The zero-order valence-corrected chi connectivity index (χ0v) is 14.5. The number of aliphatic hydroxyl groups is 4. The molecule has 2 aliphatic heterocycles. The number of rotatable bonds is 8. The molecule has 6 unspecified atom stereocenters. The minimum absolute atomic E-state index is 0.209. The predicted octanol–water partition coefficient (Wildman–Crippen LogP) is -3.31. The third-order valence-corrected chi connectivity index (χ3v) is 4.73. The second-order valence-electron chi connectivity index (χ2n) is 6.59. The summed E-state index contributed by atoms with van der Waals surface area (Å²) < 4.78 is 6.97. The molecule has 0 saturated carbocycles. The standard InChI is InChI=1S/C13H28N4O8/c1-24-5-3-14-7-16(22,12(20)10(14)18)9-17(23)8-15(4-6-25-2)11(19)13(17)21/h10-13,18-21H,3-9H2,1-2H3. The van der Waals surface area contributed by atoms with Gasteiger partial charge >= 0.3 is 0 Å². The summed E-state index contributed by atoms with van der Waals surface area (Å²) in [5.74, 6) is 0. The highest BCUT2D eigenvalue weighted by Crippen LogP contribution is 2.32. The molecule has 2 rings (SSSR count). The van der Waals surface area contributed by atoms with Crippen molar-refractivity contribution in [1.82, 2.24) is 9.80 Å². The molecule has 6 atom stereocenters. The fourth-order valence-electron chi connectivity index (χ4n) is 3.30. The quantitative estimate of drug-likeness (QED) is 0.253. The van der Waals surface area contributed by atoms with Crippen LogP contribution in [0.4, 0.5) is 0 Å². The van der Waals surface area contributed by atoms with Crippen molar-refractivity contribution in [2.75, 3.05) is 60.5 Å². The van der Waals surface area contributed by atoms with Gasteiger partial charge in [0.05, 0.1) is 13.2 Å². The van der Waals surface area contributed by atoms with Crippen molar-refractivity contribution in [2.45, 2.75) is 24.9 Å². The van der Waals surface area contributed by atoms with Gasteiger partial charge in [0.1, 0.15) is 13.3 Å². The molecule has 12 nitrogen and oxygen atoms in total. The van der Waals surface area contributed by atoms with Gasteiger partial charge in [0.2, 0.25) is 19.1 Å². The molecule has 4 N–H and O–H groups in total. The maximum absolute atomic E-state index is 12.9. The number of methoxy groups -OCH3 is 2. The highest BCUT2D eigenvalue weighted by atomic mass is 16.6. The Labute approximate surface area is 145 Å². The SMILES string of the molecule is COCCN1C[N+]([O-])(C[N+]2([O-])CN(CCOC)C(O)C2O)C(O)C1O. The number of nitrogens with zero attached hydrogens (tertiary/aromatic N) is 4. The van der Waals surface area contributed by atoms with E-state index in [1.54, 1.807) is 0 Å². The first kappa shape index (κ1) is 20.8. The second kappa shape index (κ2) is 8.04. The lowest BCUT2D eigenvalue weighted by Gasteiger charge is -2.49. The van der Waals surface area contributed by atoms with Gasteiger partial charge in [-0.15, -0.1) is 0 Å². The van der Waals surface area contributed by atoms with Crippen molar-refractivity contribution >= 4 is 0 Å². The van der Waals surface area contributed by atoms with Crippen molar-refractivity contribution in [3.8, 4) is 0 Å². The molecule has 0 aliphatic carbocycles. The summed E-state index contributed by atoms with van der Waals surface area (Å²) in [7, 11) is 2.93. The Hall–Kier alpha value is -0.480. The molecule has 25 heavy (non-hydrogen) atoms. The summed E-state index contributed by atoms with van der Waals surface area (Å²) in [6.07, 6.45) is -6.38. The molecule has 0 radical (unpaired) electrons. The van der Waals surface area contributed by atoms with Crippen LogP contribution in [0.25, 0.3) is 0 Å². The maximum atomic E-state index is 12.9. The lowest BCUT2D eigenvalue weighted by Crippen LogP contribution is -2.63. The maximum Gasteiger partial charge on any atom is 0.236 e. The lowest BCUT2D eigenvalue weighted by atomic mass is 10.4. The van der Waals surface area contributed by atoms with Crippen LogP contribution in [0.3, 0.4) is 0 Å². The smallest absolute Gasteiger partial charge is 0.236 e. The van der Waals surface area contributed by atoms with Gasteiger partial charge < -0.3 is 40.3 Å². The Bertz CT molecular complexity index is 410. The van der Waals surface area contributed by atoms with Gasteiger partial charge in [-0.1, -0.05) is 0 Å². The number of aliphatic hydroxyl groups excluding tert-OH is 4. The van der Waals surface area contributed by atoms with E-state index in [0.29, 0.717) is 0 Å². The monoisotopic (exact) mass is 368 g/mol. The van der Waals surface area contributed by atoms with Crippen molar-refractivity contribution in [1.29, 1.82) is 0 Å². The molecular weight excluding hydrogens is 340 g/mol. The molecule has 0 aromatic heterocycles. The van der Waals surface area contributed by atoms with Crippen LogP contribution in [0, 0.1) is 10.4 Å². The summed E-state index contributed by atoms with van der Waals surface area (Å²) in [6.45, 7) is -0.491. The van der Waals surface area contributed by atoms with Crippen molar-refractivity contribution in [2.24, 2.45) is 0 Å². The number of hydroxylamine groups is 6. The van der Waals surface area contributed by atoms with Gasteiger partial charge in [0, 0.05) is 27.3 Å². The van der Waals surface area contributed by atoms with Crippen LogP contribution in [0.15, 0.2) is 0 Å². The normalized spacial score (nSPS) is 43.2. The fraction of sp³-hybridized carbons (Fsp3) is 1.00. The molecule has 2 fully saturated rings. The summed E-state index contributed by atoms with van der Waals surface area (Å²) >= 11 is 0. The van der Waals surface area contributed by atoms with E-state index in [-0.39, 0.29) is 39.6 Å². The van der Waals surface area contributed by atoms with E-state index in [1.165, 1.54) is 24.0 Å². The van der Waals surface area contributed by atoms with Crippen molar-refractivity contribution in [3.05, 3.63) is 10.4 Å². The summed E-state index contributed by atoms with van der Waals surface area (Å²) in [4.78, 5) is 2.63. The molecule has 0 amide bonds. The van der Waals surface area contributed by atoms with E-state index in [1.807, 2.05) is 0 Å². The molecule has 2 aliphatic rings. The molecule has 0 aromatic rings. The fourth-order valence-corrected chi connectivity index (χ4v) is 3.30. The number of ether oxygens (including phenoxy) is 2. The molecule has 0 aromatic carbocycles. The van der Waals surface area contributed by atoms with Gasteiger partial charge in [-0.05, 0) is 0 Å². The molecule has 0 spiro atoms. The third kappa shape index (κ3) is 4.10. The Morgan fingerprint density at radius 3 is 1.52 bits per heavy atom. The van der Waals surface area contributed by atoms with Crippen LogP contribution in [-0.2, 0) is 9.47 Å². The van der Waals surface area contributed by atoms with Gasteiger partial charge in [0.25, 0.3) is 0 Å². The van der Waals surface area contributed by atoms with Crippen LogP contribution in [0.1, 0.15) is 0 Å². The van der Waals surface area contributed by atoms with Crippen LogP contribution in [0.5, 0.6) is 0 Å². The second-order valence-corrected chi connectivity index (χ2v) is 6.59. The topological polar surface area (TPSA) is 152 Å². The Morgan fingerprint density at radius 1 is 0.840 bits per heavy atom. The first-order valence-corrected chi connectivity index (χ1v) is 8.02. The first-order valence-electron chi connectivity index (χ1n) is 8.02. The van der Waals surface area contributed by atoms with E-state index in [0.717, 1.165) is 0 Å². The summed E-state index contributed by atoms with van der Waals surface area (Å²) in [5, 5.41) is 66.2. The third-order valence-electron chi connectivity index (χ3n) is 4.73. The average Bonchev–Trinajstić information content (AvgIpc) is 2.91. The highest BCUT2D eigenvalue weighted by Gasteiger charge is 2.54. The van der Waals surface area contributed by atoms with Crippen molar-refractivity contribution < 1.29 is 39.2 Å². The molecule has 2 heterocycles. The van der Waals surface area contributed by atoms with Crippen LogP contribution >= 0.6 is 0 Å². The Morgan fingerprint density at radius 2 is 1.20 bits per heavy atom. The number of quaternary nitrogens is 2. The number of hydrogen-bond acceptors (Lipinski definition) is 10. The molecule has 148 valence electrons. The highest BCUT2D eigenvalue weighted by molar-refractivity contribution is 4.73. The van der Waals surface area contributed by atoms with Gasteiger partial charge in [-0.25, -0.2) is 9.80 Å². The van der Waals surface area contributed by atoms with Gasteiger partial charge in [0.15, 0.2) is 12.5 Å². The van der Waals surface area contributed by atoms with Crippen LogP contribution in [-0.4, -0.2) is 125 Å². The minimum atomic E-state index is -1.75. The first-order chi connectivity index (χ1) is 11.7. The molecule has 0 bridgehead atoms. The lowest BCUT2D eigenvalue weighted by molar-refractivity contribution is -1.09. The Kier molecular flexibility index (Phi) is 6.70. The minimum Gasteiger partial charge on any atom is -0.626 e. The van der Waals surface area contributed by atoms with Crippen LogP contribution in [0.2, 0.25) is 0 Å². The predicted molar refractivity (Wildman–Crippen MR) is 83.0 cm³/mol. The summed E-state index contributed by atoms with van der Waals surface area (Å²) in [5.41, 5.74) is 0. The average molecular weight is 368 g/mol. The zero-order valence-electron chi connectivity index (χ0n) is 14.5. The molecule has 12 heteroatoms. The van der Waals surface area contributed by atoms with Gasteiger partial charge in [-0.3, -0.25) is 9.29 Å². The van der Waals surface area contributed by atoms with E-state index >= 15 is 0 Å². The van der Waals surface area contributed by atoms with E-state index in [9.17, 15) is 30.8 Å².